The van der Waals surface area contributed by atoms with Gasteiger partial charge in [-0.05, 0) is 50.8 Å². The van der Waals surface area contributed by atoms with Crippen LogP contribution in [0.3, 0.4) is 0 Å². The molecule has 1 fully saturated rings. The Kier molecular flexibility index (Phi) is 6.21. The van der Waals surface area contributed by atoms with Crippen LogP contribution in [0.1, 0.15) is 38.2 Å². The fourth-order valence-electron chi connectivity index (χ4n) is 2.38. The Morgan fingerprint density at radius 1 is 1.55 bits per heavy atom. The van der Waals surface area contributed by atoms with E-state index in [9.17, 15) is 4.79 Å². The first kappa shape index (κ1) is 16.8. The van der Waals surface area contributed by atoms with Gasteiger partial charge < -0.3 is 20.5 Å². The van der Waals surface area contributed by atoms with E-state index in [2.05, 4.69) is 5.32 Å². The molecule has 0 aliphatic carbocycles. The van der Waals surface area contributed by atoms with E-state index in [0.717, 1.165) is 25.0 Å². The number of carbonyl (C=O) groups excluding carboxylic acids is 1. The van der Waals surface area contributed by atoms with Crippen molar-refractivity contribution >= 4 is 11.6 Å². The zero-order valence-electron chi connectivity index (χ0n) is 13.4. The van der Waals surface area contributed by atoms with Crippen LogP contribution < -0.4 is 15.8 Å². The number of benzene rings is 1. The zero-order chi connectivity index (χ0) is 15.9. The summed E-state index contributed by atoms with van der Waals surface area (Å²) in [6.07, 6.45) is 3.35. The lowest BCUT2D eigenvalue weighted by atomic mass is 10.1. The van der Waals surface area contributed by atoms with E-state index in [1.807, 2.05) is 32.0 Å². The second-order valence-electron chi connectivity index (χ2n) is 6.01. The molecule has 1 aliphatic rings. The number of nitrogens with one attached hydrogen (secondary N) is 1. The molecule has 1 heterocycles. The van der Waals surface area contributed by atoms with E-state index >= 15 is 0 Å². The van der Waals surface area contributed by atoms with Crippen LogP contribution >= 0.6 is 0 Å². The molecule has 122 valence electrons. The molecule has 0 aromatic heterocycles. The molecule has 1 aromatic rings. The number of ether oxygens (including phenoxy) is 2. The molecular weight excluding hydrogens is 280 g/mol. The number of rotatable bonds is 7. The summed E-state index contributed by atoms with van der Waals surface area (Å²) >= 11 is 0. The molecule has 22 heavy (non-hydrogen) atoms. The molecule has 1 saturated heterocycles. The van der Waals surface area contributed by atoms with Crippen LogP contribution in [0.25, 0.3) is 0 Å². The number of nitrogens with two attached hydrogens (primary N) is 1. The number of anilines is 1. The maximum Gasteiger partial charge on any atom is 0.224 e. The average Bonchev–Trinajstić information content (AvgIpc) is 2.98. The fraction of sp³-hybridized carbons (Fsp3) is 0.588. The van der Waals surface area contributed by atoms with Crippen molar-refractivity contribution in [1.29, 1.82) is 0 Å². The highest BCUT2D eigenvalue weighted by Gasteiger charge is 2.17. The molecule has 0 spiro atoms. The first-order chi connectivity index (χ1) is 10.5. The summed E-state index contributed by atoms with van der Waals surface area (Å²) in [6.45, 7) is 5.23. The van der Waals surface area contributed by atoms with Crippen molar-refractivity contribution in [1.82, 2.24) is 0 Å². The van der Waals surface area contributed by atoms with E-state index < -0.39 is 0 Å². The number of carbonyl (C=O) groups is 1. The van der Waals surface area contributed by atoms with Gasteiger partial charge >= 0.3 is 0 Å². The molecule has 1 aliphatic heterocycles. The van der Waals surface area contributed by atoms with Gasteiger partial charge in [0.15, 0.2) is 0 Å². The zero-order valence-corrected chi connectivity index (χ0v) is 13.4. The number of aryl methyl sites for hydroxylation is 1. The fourth-order valence-corrected chi connectivity index (χ4v) is 2.38. The summed E-state index contributed by atoms with van der Waals surface area (Å²) in [4.78, 5) is 12.0. The van der Waals surface area contributed by atoms with E-state index in [-0.39, 0.29) is 18.1 Å². The van der Waals surface area contributed by atoms with Crippen molar-refractivity contribution in [3.8, 4) is 5.75 Å². The smallest absolute Gasteiger partial charge is 0.224 e. The van der Waals surface area contributed by atoms with Gasteiger partial charge in [0.1, 0.15) is 12.4 Å². The van der Waals surface area contributed by atoms with Crippen LogP contribution in [0.2, 0.25) is 0 Å². The Balaban J connectivity index is 1.95. The van der Waals surface area contributed by atoms with Gasteiger partial charge in [0, 0.05) is 19.1 Å². The van der Waals surface area contributed by atoms with Gasteiger partial charge in [0.25, 0.3) is 0 Å². The number of hydrogen-bond acceptors (Lipinski definition) is 4. The minimum Gasteiger partial charge on any atom is -0.489 e. The monoisotopic (exact) mass is 306 g/mol. The van der Waals surface area contributed by atoms with Crippen molar-refractivity contribution in [3.05, 3.63) is 23.8 Å². The van der Waals surface area contributed by atoms with Crippen molar-refractivity contribution < 1.29 is 14.3 Å². The Hall–Kier alpha value is -1.59. The van der Waals surface area contributed by atoms with Gasteiger partial charge in [-0.2, -0.15) is 0 Å². The predicted molar refractivity (Wildman–Crippen MR) is 87.2 cm³/mol. The molecule has 3 N–H and O–H groups in total. The lowest BCUT2D eigenvalue weighted by Gasteiger charge is -2.16. The van der Waals surface area contributed by atoms with Gasteiger partial charge in [-0.1, -0.05) is 6.07 Å². The van der Waals surface area contributed by atoms with Crippen LogP contribution in [0.15, 0.2) is 18.2 Å². The molecule has 1 amide bonds. The molecule has 2 rings (SSSR count). The molecule has 0 saturated carbocycles. The Labute approximate surface area is 132 Å². The first-order valence-electron chi connectivity index (χ1n) is 7.95. The molecular formula is C17H26N2O3. The van der Waals surface area contributed by atoms with Crippen molar-refractivity contribution in [2.75, 3.05) is 18.5 Å². The standard InChI is InChI=1S/C17H26N2O3/c1-12-5-7-15(19-17(20)8-6-13(2)18)16(10-12)22-11-14-4-3-9-21-14/h5,7,10,13-14H,3-4,6,8-9,11,18H2,1-2H3,(H,19,20). The lowest BCUT2D eigenvalue weighted by molar-refractivity contribution is -0.116. The number of hydrogen-bond donors (Lipinski definition) is 2. The predicted octanol–water partition coefficient (Wildman–Crippen LogP) is 2.62. The number of amides is 1. The molecule has 1 aromatic carbocycles. The van der Waals surface area contributed by atoms with Gasteiger partial charge in [0.05, 0.1) is 11.8 Å². The minimum atomic E-state index is -0.0388. The third-order valence-corrected chi connectivity index (χ3v) is 3.69. The average molecular weight is 306 g/mol. The molecule has 2 atom stereocenters. The van der Waals surface area contributed by atoms with E-state index in [0.29, 0.717) is 30.9 Å². The Morgan fingerprint density at radius 3 is 3.05 bits per heavy atom. The third-order valence-electron chi connectivity index (χ3n) is 3.69. The second-order valence-corrected chi connectivity index (χ2v) is 6.01. The van der Waals surface area contributed by atoms with Gasteiger partial charge in [-0.3, -0.25) is 4.79 Å². The van der Waals surface area contributed by atoms with Crippen LogP contribution in [0.5, 0.6) is 5.75 Å². The Bertz CT molecular complexity index is 497. The maximum atomic E-state index is 12.0. The maximum absolute atomic E-state index is 12.0. The van der Waals surface area contributed by atoms with E-state index in [1.165, 1.54) is 0 Å². The lowest BCUT2D eigenvalue weighted by Crippen LogP contribution is -2.20. The summed E-state index contributed by atoms with van der Waals surface area (Å²) < 4.78 is 11.4. The molecule has 0 radical (unpaired) electrons. The summed E-state index contributed by atoms with van der Waals surface area (Å²) in [6, 6.07) is 5.80. The summed E-state index contributed by atoms with van der Waals surface area (Å²) in [5, 5.41) is 2.91. The Morgan fingerprint density at radius 2 is 2.36 bits per heavy atom. The molecule has 0 bridgehead atoms. The molecule has 5 nitrogen and oxygen atoms in total. The first-order valence-corrected chi connectivity index (χ1v) is 7.95. The second kappa shape index (κ2) is 8.15. The highest BCUT2D eigenvalue weighted by molar-refractivity contribution is 5.92. The highest BCUT2D eigenvalue weighted by atomic mass is 16.5. The summed E-state index contributed by atoms with van der Waals surface area (Å²) in [7, 11) is 0. The molecule has 2 unspecified atom stereocenters. The topological polar surface area (TPSA) is 73.6 Å². The largest absolute Gasteiger partial charge is 0.489 e. The van der Waals surface area contributed by atoms with Crippen molar-refractivity contribution in [2.24, 2.45) is 5.73 Å². The van der Waals surface area contributed by atoms with Crippen LogP contribution in [0, 0.1) is 6.92 Å². The minimum absolute atomic E-state index is 0.0269. The van der Waals surface area contributed by atoms with Gasteiger partial charge in [0.2, 0.25) is 5.91 Å². The quantitative estimate of drug-likeness (QED) is 0.812. The normalized spacial score (nSPS) is 19.0. The molecule has 5 heteroatoms. The third kappa shape index (κ3) is 5.31. The van der Waals surface area contributed by atoms with E-state index in [1.54, 1.807) is 0 Å². The summed E-state index contributed by atoms with van der Waals surface area (Å²) in [5.41, 5.74) is 7.48. The van der Waals surface area contributed by atoms with Gasteiger partial charge in [-0.25, -0.2) is 0 Å². The van der Waals surface area contributed by atoms with E-state index in [4.69, 9.17) is 15.2 Å². The highest BCUT2D eigenvalue weighted by Crippen LogP contribution is 2.27. The van der Waals surface area contributed by atoms with Gasteiger partial charge in [-0.15, -0.1) is 0 Å². The van der Waals surface area contributed by atoms with Crippen molar-refractivity contribution in [3.63, 3.8) is 0 Å². The van der Waals surface area contributed by atoms with Crippen LogP contribution in [0.4, 0.5) is 5.69 Å². The van der Waals surface area contributed by atoms with Crippen molar-refractivity contribution in [2.45, 2.75) is 51.7 Å². The summed E-state index contributed by atoms with van der Waals surface area (Å²) in [5.74, 6) is 0.660. The van der Waals surface area contributed by atoms with Crippen LogP contribution in [-0.4, -0.2) is 31.3 Å². The van der Waals surface area contributed by atoms with Crippen LogP contribution in [-0.2, 0) is 9.53 Å². The SMILES string of the molecule is Cc1ccc(NC(=O)CCC(C)N)c(OCC2CCCO2)c1.